The van der Waals surface area contributed by atoms with E-state index in [-0.39, 0.29) is 6.42 Å². The molecule has 4 N–H and O–H groups in total. The molecule has 0 bridgehead atoms. The molecule has 0 aromatic rings. The second-order valence-electron chi connectivity index (χ2n) is 5.84. The molecule has 0 aromatic heterocycles. The van der Waals surface area contributed by atoms with Crippen molar-refractivity contribution in [3.63, 3.8) is 0 Å². The van der Waals surface area contributed by atoms with Gasteiger partial charge in [0.15, 0.2) is 6.29 Å². The van der Waals surface area contributed by atoms with Crippen molar-refractivity contribution in [3.8, 4) is 6.07 Å². The van der Waals surface area contributed by atoms with Crippen molar-refractivity contribution >= 4 is 5.97 Å². The first kappa shape index (κ1) is 19.5. The van der Waals surface area contributed by atoms with Gasteiger partial charge in [0.25, 0.3) is 0 Å². The fourth-order valence-electron chi connectivity index (χ4n) is 2.74. The predicted molar refractivity (Wildman–Crippen MR) is 81.6 cm³/mol. The smallest absolute Gasteiger partial charge is 0.303 e. The lowest BCUT2D eigenvalue weighted by atomic mass is 9.95. The summed E-state index contributed by atoms with van der Waals surface area (Å²) in [4.78, 5) is 11.1. The third kappa shape index (κ3) is 4.64. The minimum Gasteiger partial charge on any atom is -0.458 e. The van der Waals surface area contributed by atoms with Crippen LogP contribution in [-0.4, -0.2) is 75.9 Å². The molecule has 2 aliphatic rings. The summed E-state index contributed by atoms with van der Waals surface area (Å²) in [6.07, 6.45) is -3.79. The number of carbonyl (C=O) groups excluding carboxylic acids is 1. The van der Waals surface area contributed by atoms with E-state index in [1.54, 1.807) is 12.2 Å². The van der Waals surface area contributed by atoms with Crippen molar-refractivity contribution in [2.75, 3.05) is 6.61 Å². The van der Waals surface area contributed by atoms with E-state index in [2.05, 4.69) is 0 Å². The van der Waals surface area contributed by atoms with Gasteiger partial charge in [-0.3, -0.25) is 4.79 Å². The molecule has 25 heavy (non-hydrogen) atoms. The fourth-order valence-corrected chi connectivity index (χ4v) is 2.74. The number of aliphatic hydroxyl groups excluding tert-OH is 4. The SMILES string of the molecule is CC(=O)O[C@@H]1C=C/C(=C\C#N)[C@@H](O[C@@H]2O[C@H](CO)[C@@H](O)[C@H](O)[C@H]2O)C1. The zero-order valence-corrected chi connectivity index (χ0v) is 13.6. The van der Waals surface area contributed by atoms with Crippen LogP contribution in [0.25, 0.3) is 0 Å². The molecule has 138 valence electrons. The van der Waals surface area contributed by atoms with Crippen LogP contribution in [0, 0.1) is 11.3 Å². The molecular weight excluding hydrogens is 334 g/mol. The van der Waals surface area contributed by atoms with Crippen LogP contribution in [0.2, 0.25) is 0 Å². The van der Waals surface area contributed by atoms with Crippen molar-refractivity contribution in [1.82, 2.24) is 0 Å². The first-order valence-corrected chi connectivity index (χ1v) is 7.78. The average Bonchev–Trinajstić information content (AvgIpc) is 2.57. The van der Waals surface area contributed by atoms with Crippen LogP contribution in [0.5, 0.6) is 0 Å². The summed E-state index contributed by atoms with van der Waals surface area (Å²) in [6, 6.07) is 1.87. The number of allylic oxidation sites excluding steroid dienone is 1. The molecule has 0 aromatic carbocycles. The molecule has 0 radical (unpaired) electrons. The molecule has 1 heterocycles. The van der Waals surface area contributed by atoms with Gasteiger partial charge in [-0.05, 0) is 11.6 Å². The summed E-state index contributed by atoms with van der Waals surface area (Å²) < 4.78 is 16.1. The second-order valence-corrected chi connectivity index (χ2v) is 5.84. The third-order valence-corrected chi connectivity index (χ3v) is 4.02. The molecule has 1 aliphatic heterocycles. The maximum atomic E-state index is 11.1. The molecule has 2 rings (SSSR count). The largest absolute Gasteiger partial charge is 0.458 e. The zero-order chi connectivity index (χ0) is 18.6. The maximum absolute atomic E-state index is 11.1. The summed E-state index contributed by atoms with van der Waals surface area (Å²) in [7, 11) is 0. The summed E-state index contributed by atoms with van der Waals surface area (Å²) in [5, 5.41) is 47.7. The number of aliphatic hydroxyl groups is 4. The van der Waals surface area contributed by atoms with Gasteiger partial charge in [0, 0.05) is 19.4 Å². The Morgan fingerprint density at radius 2 is 2.12 bits per heavy atom. The van der Waals surface area contributed by atoms with Crippen LogP contribution in [0.4, 0.5) is 0 Å². The highest BCUT2D eigenvalue weighted by molar-refractivity contribution is 5.66. The Labute approximate surface area is 144 Å². The van der Waals surface area contributed by atoms with Gasteiger partial charge < -0.3 is 34.6 Å². The van der Waals surface area contributed by atoms with Gasteiger partial charge in [-0.1, -0.05) is 6.08 Å². The van der Waals surface area contributed by atoms with E-state index < -0.39 is 55.5 Å². The van der Waals surface area contributed by atoms with Gasteiger partial charge in [0.05, 0.1) is 18.8 Å². The van der Waals surface area contributed by atoms with Crippen molar-refractivity contribution < 1.29 is 39.4 Å². The molecular formula is C16H21NO8. The lowest BCUT2D eigenvalue weighted by Crippen LogP contribution is -2.59. The minimum absolute atomic E-state index is 0.179. The highest BCUT2D eigenvalue weighted by atomic mass is 16.7. The van der Waals surface area contributed by atoms with E-state index in [1.165, 1.54) is 13.0 Å². The average molecular weight is 355 g/mol. The maximum Gasteiger partial charge on any atom is 0.303 e. The van der Waals surface area contributed by atoms with Gasteiger partial charge in [0.1, 0.15) is 30.5 Å². The third-order valence-electron chi connectivity index (χ3n) is 4.02. The van der Waals surface area contributed by atoms with Crippen LogP contribution in [0.15, 0.2) is 23.8 Å². The van der Waals surface area contributed by atoms with Crippen LogP contribution in [0.3, 0.4) is 0 Å². The topological polar surface area (TPSA) is 149 Å². The summed E-state index contributed by atoms with van der Waals surface area (Å²) >= 11 is 0. The van der Waals surface area contributed by atoms with Crippen molar-refractivity contribution in [3.05, 3.63) is 23.8 Å². The Balaban J connectivity index is 2.14. The highest BCUT2D eigenvalue weighted by Gasteiger charge is 2.45. The van der Waals surface area contributed by atoms with Gasteiger partial charge in [0.2, 0.25) is 0 Å². The molecule has 0 unspecified atom stereocenters. The van der Waals surface area contributed by atoms with E-state index in [4.69, 9.17) is 19.5 Å². The quantitative estimate of drug-likeness (QED) is 0.349. The predicted octanol–water partition coefficient (Wildman–Crippen LogP) is -1.49. The van der Waals surface area contributed by atoms with E-state index >= 15 is 0 Å². The molecule has 0 spiro atoms. The molecule has 0 saturated carbocycles. The number of carbonyl (C=O) groups is 1. The lowest BCUT2D eigenvalue weighted by Gasteiger charge is -2.41. The van der Waals surface area contributed by atoms with Crippen LogP contribution >= 0.6 is 0 Å². The summed E-state index contributed by atoms with van der Waals surface area (Å²) in [5.41, 5.74) is 0.475. The Morgan fingerprint density at radius 1 is 1.40 bits per heavy atom. The number of nitriles is 1. The molecule has 1 aliphatic carbocycles. The number of hydrogen-bond donors (Lipinski definition) is 4. The first-order valence-electron chi connectivity index (χ1n) is 7.78. The van der Waals surface area contributed by atoms with Crippen LogP contribution < -0.4 is 0 Å². The normalized spacial score (nSPS) is 39.8. The monoisotopic (exact) mass is 355 g/mol. The Kier molecular flexibility index (Phi) is 6.66. The number of esters is 1. The van der Waals surface area contributed by atoms with Crippen molar-refractivity contribution in [2.45, 2.75) is 56.3 Å². The van der Waals surface area contributed by atoms with Gasteiger partial charge in [-0.15, -0.1) is 0 Å². The molecule has 1 fully saturated rings. The van der Waals surface area contributed by atoms with E-state index in [9.17, 15) is 25.2 Å². The molecule has 9 heteroatoms. The summed E-state index contributed by atoms with van der Waals surface area (Å²) in [6.45, 7) is 0.689. The zero-order valence-electron chi connectivity index (χ0n) is 13.6. The van der Waals surface area contributed by atoms with Crippen LogP contribution in [0.1, 0.15) is 13.3 Å². The van der Waals surface area contributed by atoms with E-state index in [0.717, 1.165) is 0 Å². The number of ether oxygens (including phenoxy) is 3. The van der Waals surface area contributed by atoms with Crippen molar-refractivity contribution in [2.24, 2.45) is 0 Å². The Bertz CT molecular complexity index is 581. The Hall–Kier alpha value is -1.80. The van der Waals surface area contributed by atoms with Gasteiger partial charge in [-0.2, -0.15) is 5.26 Å². The molecule has 1 saturated heterocycles. The fraction of sp³-hybridized carbons (Fsp3) is 0.625. The molecule has 9 nitrogen and oxygen atoms in total. The van der Waals surface area contributed by atoms with Gasteiger partial charge >= 0.3 is 5.97 Å². The van der Waals surface area contributed by atoms with E-state index in [1.807, 2.05) is 6.07 Å². The molecule has 0 amide bonds. The van der Waals surface area contributed by atoms with Crippen molar-refractivity contribution in [1.29, 1.82) is 5.26 Å². The summed E-state index contributed by atoms with van der Waals surface area (Å²) in [5.74, 6) is -0.478. The second kappa shape index (κ2) is 8.53. The minimum atomic E-state index is -1.57. The van der Waals surface area contributed by atoms with Gasteiger partial charge in [-0.25, -0.2) is 0 Å². The molecule has 7 atom stereocenters. The highest BCUT2D eigenvalue weighted by Crippen LogP contribution is 2.29. The first-order chi connectivity index (χ1) is 11.9. The van der Waals surface area contributed by atoms with E-state index in [0.29, 0.717) is 5.57 Å². The number of hydrogen-bond acceptors (Lipinski definition) is 9. The van der Waals surface area contributed by atoms with Crippen LogP contribution in [-0.2, 0) is 19.0 Å². The number of nitrogens with zero attached hydrogens (tertiary/aromatic N) is 1. The standard InChI is InChI=1S/C16H21NO8/c1-8(19)23-10-3-2-9(4-5-17)11(6-10)24-16-15(22)14(21)13(20)12(7-18)25-16/h2-4,10-16,18,20-22H,6-7H2,1H3/b9-4+/t10-,11+,12-,13-,14+,15-,16-/m1/s1. The number of rotatable bonds is 4. The Morgan fingerprint density at radius 3 is 2.72 bits per heavy atom. The lowest BCUT2D eigenvalue weighted by molar-refractivity contribution is -0.309.